The number of nitrogens with two attached hydrogens (primary N) is 1. The molecule has 0 saturated heterocycles. The highest BCUT2D eigenvalue weighted by molar-refractivity contribution is 7.79. The van der Waals surface area contributed by atoms with Gasteiger partial charge in [-0.1, -0.05) is 30.3 Å². The Balaban J connectivity index is 0.000000690. The molecule has 1 rings (SSSR count). The van der Waals surface area contributed by atoms with Gasteiger partial charge in [-0.05, 0) is 5.56 Å². The van der Waals surface area contributed by atoms with Crippen molar-refractivity contribution in [1.29, 1.82) is 0 Å². The molecule has 0 fully saturated rings. The van der Waals surface area contributed by atoms with Gasteiger partial charge in [-0.15, -0.1) is 0 Å². The van der Waals surface area contributed by atoms with Gasteiger partial charge in [0.1, 0.15) is 0 Å². The molecule has 8 nitrogen and oxygen atoms in total. The molecule has 0 spiro atoms. The predicted molar refractivity (Wildman–Crippen MR) is 80.5 cm³/mol. The lowest BCUT2D eigenvalue weighted by molar-refractivity contribution is 0.112. The minimum absolute atomic E-state index is 0.531. The highest BCUT2D eigenvalue weighted by Gasteiger charge is 1.99. The summed E-state index contributed by atoms with van der Waals surface area (Å²) in [5.41, 5.74) is 6.81. The molecule has 1 aromatic carbocycles. The lowest BCUT2D eigenvalue weighted by atomic mass is 10.2. The van der Waals surface area contributed by atoms with Crippen LogP contribution >= 0.6 is 0 Å². The number of hydrogen-bond donors (Lipinski definition) is 3. The summed E-state index contributed by atoms with van der Waals surface area (Å²) in [6.45, 7) is 2.02. The van der Waals surface area contributed by atoms with Gasteiger partial charge in [-0.2, -0.15) is 8.42 Å². The Morgan fingerprint density at radius 2 is 1.86 bits per heavy atom. The number of rotatable bonds is 5. The van der Waals surface area contributed by atoms with E-state index in [2.05, 4.69) is 4.99 Å². The molecule has 0 aliphatic rings. The van der Waals surface area contributed by atoms with Crippen molar-refractivity contribution >= 4 is 16.4 Å². The Kier molecular flexibility index (Phi) is 9.30. The van der Waals surface area contributed by atoms with Crippen LogP contribution in [0.2, 0.25) is 0 Å². The number of benzene rings is 1. The van der Waals surface area contributed by atoms with Crippen LogP contribution in [0.1, 0.15) is 5.56 Å². The van der Waals surface area contributed by atoms with E-state index in [0.717, 1.165) is 6.54 Å². The van der Waals surface area contributed by atoms with Crippen molar-refractivity contribution in [1.82, 2.24) is 4.90 Å². The van der Waals surface area contributed by atoms with Crippen LogP contribution in [0.4, 0.5) is 0 Å². The van der Waals surface area contributed by atoms with Crippen LogP contribution in [0.15, 0.2) is 35.3 Å². The molecular weight excluding hydrogens is 298 g/mol. The number of nitrogens with zero attached hydrogens (tertiary/aromatic N) is 2. The second-order valence-corrected chi connectivity index (χ2v) is 4.89. The van der Waals surface area contributed by atoms with Crippen molar-refractivity contribution in [2.75, 3.05) is 27.2 Å². The third kappa shape index (κ3) is 13.1. The minimum Gasteiger partial charge on any atom is -0.375 e. The summed E-state index contributed by atoms with van der Waals surface area (Å²) in [6.07, 6.45) is 0. The van der Waals surface area contributed by atoms with Crippen molar-refractivity contribution in [3.05, 3.63) is 35.9 Å². The second kappa shape index (κ2) is 10.1. The molecule has 0 heterocycles. The Morgan fingerprint density at radius 3 is 2.33 bits per heavy atom. The molecule has 0 unspecified atom stereocenters. The van der Waals surface area contributed by atoms with Gasteiger partial charge in [-0.25, -0.2) is 0 Å². The van der Waals surface area contributed by atoms with Crippen LogP contribution in [-0.4, -0.2) is 55.6 Å². The number of hydrogen-bond acceptors (Lipinski definition) is 4. The molecular formula is C12H21N3O5S. The number of ether oxygens (including phenoxy) is 1. The third-order valence-corrected chi connectivity index (χ3v) is 2.30. The van der Waals surface area contributed by atoms with Crippen LogP contribution in [0, 0.1) is 0 Å². The van der Waals surface area contributed by atoms with E-state index in [1.54, 1.807) is 7.05 Å². The lowest BCUT2D eigenvalue weighted by Gasteiger charge is -2.17. The topological polar surface area (TPSA) is 125 Å². The van der Waals surface area contributed by atoms with Crippen LogP contribution in [-0.2, 0) is 21.7 Å². The lowest BCUT2D eigenvalue weighted by Crippen LogP contribution is -2.36. The first-order valence-corrected chi connectivity index (χ1v) is 7.38. The minimum atomic E-state index is -4.67. The average Bonchev–Trinajstić information content (AvgIpc) is 2.41. The van der Waals surface area contributed by atoms with Gasteiger partial charge < -0.3 is 15.4 Å². The summed E-state index contributed by atoms with van der Waals surface area (Å²) in [7, 11) is -1.09. The largest absolute Gasteiger partial charge is 0.394 e. The highest BCUT2D eigenvalue weighted by Crippen LogP contribution is 2.00. The van der Waals surface area contributed by atoms with Crippen molar-refractivity contribution in [2.24, 2.45) is 10.7 Å². The molecule has 0 aliphatic heterocycles. The third-order valence-electron chi connectivity index (χ3n) is 2.30. The molecule has 4 N–H and O–H groups in total. The average molecular weight is 319 g/mol. The van der Waals surface area contributed by atoms with Crippen molar-refractivity contribution < 1.29 is 22.3 Å². The summed E-state index contributed by atoms with van der Waals surface area (Å²) in [4.78, 5) is 5.76. The zero-order valence-electron chi connectivity index (χ0n) is 12.0. The Morgan fingerprint density at radius 1 is 1.33 bits per heavy atom. The fourth-order valence-electron chi connectivity index (χ4n) is 1.25. The van der Waals surface area contributed by atoms with Gasteiger partial charge in [-0.3, -0.25) is 14.1 Å². The first-order valence-electron chi connectivity index (χ1n) is 5.99. The monoisotopic (exact) mass is 319 g/mol. The molecule has 0 atom stereocenters. The SMILES string of the molecule is CN=C(N)N(C)CCOCc1ccccc1.O=S(=O)(O)O. The van der Waals surface area contributed by atoms with E-state index in [-0.39, 0.29) is 0 Å². The van der Waals surface area contributed by atoms with E-state index in [9.17, 15) is 0 Å². The maximum absolute atomic E-state index is 8.74. The predicted octanol–water partition coefficient (Wildman–Crippen LogP) is 0.427. The van der Waals surface area contributed by atoms with Crippen LogP contribution in [0.25, 0.3) is 0 Å². The maximum Gasteiger partial charge on any atom is 0.394 e. The zero-order chi connectivity index (χ0) is 16.3. The van der Waals surface area contributed by atoms with E-state index in [1.807, 2.05) is 42.3 Å². The van der Waals surface area contributed by atoms with E-state index < -0.39 is 10.4 Å². The number of aliphatic imine (C=N–C) groups is 1. The summed E-state index contributed by atoms with van der Waals surface area (Å²) in [5, 5.41) is 0. The first-order chi connectivity index (χ1) is 9.74. The Hall–Kier alpha value is -1.68. The van der Waals surface area contributed by atoms with E-state index in [4.69, 9.17) is 28.0 Å². The van der Waals surface area contributed by atoms with Gasteiger partial charge >= 0.3 is 10.4 Å². The van der Waals surface area contributed by atoms with E-state index in [1.165, 1.54) is 5.56 Å². The van der Waals surface area contributed by atoms with Gasteiger partial charge in [0.15, 0.2) is 5.96 Å². The quantitative estimate of drug-likeness (QED) is 0.311. The summed E-state index contributed by atoms with van der Waals surface area (Å²) in [6, 6.07) is 10.1. The summed E-state index contributed by atoms with van der Waals surface area (Å²) < 4.78 is 37.1. The molecule has 9 heteroatoms. The van der Waals surface area contributed by atoms with Gasteiger partial charge in [0.05, 0.1) is 13.2 Å². The zero-order valence-corrected chi connectivity index (χ0v) is 12.8. The standard InChI is InChI=1S/C12H19N3O.H2O4S/c1-14-12(13)15(2)8-9-16-10-11-6-4-3-5-7-11;1-5(2,3)4/h3-7H,8-10H2,1-2H3,(H2,13,14);(H2,1,2,3,4). The molecule has 1 aromatic rings. The van der Waals surface area contributed by atoms with Crippen molar-refractivity contribution in [3.63, 3.8) is 0 Å². The highest BCUT2D eigenvalue weighted by atomic mass is 32.3. The van der Waals surface area contributed by atoms with Crippen LogP contribution in [0.5, 0.6) is 0 Å². The van der Waals surface area contributed by atoms with Crippen molar-refractivity contribution in [2.45, 2.75) is 6.61 Å². The van der Waals surface area contributed by atoms with E-state index in [0.29, 0.717) is 19.2 Å². The fourth-order valence-corrected chi connectivity index (χ4v) is 1.25. The Labute approximate surface area is 124 Å². The fraction of sp³-hybridized carbons (Fsp3) is 0.417. The summed E-state index contributed by atoms with van der Waals surface area (Å²) >= 11 is 0. The molecule has 0 saturated carbocycles. The Bertz CT molecular complexity index is 511. The smallest absolute Gasteiger partial charge is 0.375 e. The van der Waals surface area contributed by atoms with Gasteiger partial charge in [0, 0.05) is 20.6 Å². The van der Waals surface area contributed by atoms with Gasteiger partial charge in [0.25, 0.3) is 0 Å². The van der Waals surface area contributed by atoms with E-state index >= 15 is 0 Å². The molecule has 120 valence electrons. The molecule has 0 radical (unpaired) electrons. The maximum atomic E-state index is 8.74. The normalized spacial score (nSPS) is 11.5. The number of likely N-dealkylation sites (N-methyl/N-ethyl adjacent to an activating group) is 1. The van der Waals surface area contributed by atoms with Crippen LogP contribution in [0.3, 0.4) is 0 Å². The summed E-state index contributed by atoms with van der Waals surface area (Å²) in [5.74, 6) is 0.531. The molecule has 0 aromatic heterocycles. The number of guanidine groups is 1. The van der Waals surface area contributed by atoms with Crippen LogP contribution < -0.4 is 5.73 Å². The molecule has 0 amide bonds. The molecule has 0 aliphatic carbocycles. The first kappa shape index (κ1) is 19.3. The van der Waals surface area contributed by atoms with Gasteiger partial charge in [0.2, 0.25) is 0 Å². The second-order valence-electron chi connectivity index (χ2n) is 3.99. The van der Waals surface area contributed by atoms with Crippen molar-refractivity contribution in [3.8, 4) is 0 Å². The molecule has 0 bridgehead atoms. The molecule has 21 heavy (non-hydrogen) atoms.